The average Bonchev–Trinajstić information content (AvgIpc) is 2.13. The molecular weight excluding hydrogens is 214 g/mol. The summed E-state index contributed by atoms with van der Waals surface area (Å²) in [5, 5.41) is 0. The van der Waals surface area contributed by atoms with Gasteiger partial charge in [0.25, 0.3) is 0 Å². The molecule has 0 aromatic heterocycles. The Kier molecular flexibility index (Phi) is 3.89. The molecule has 2 N–H and O–H groups in total. The van der Waals surface area contributed by atoms with Crippen LogP contribution in [0.3, 0.4) is 0 Å². The van der Waals surface area contributed by atoms with Gasteiger partial charge in [-0.1, -0.05) is 6.92 Å². The molecule has 1 fully saturated rings. The summed E-state index contributed by atoms with van der Waals surface area (Å²) in [6.45, 7) is 1.59. The molecule has 0 saturated heterocycles. The predicted octanol–water partition coefficient (Wildman–Crippen LogP) is 0.652. The predicted molar refractivity (Wildman–Crippen MR) is 59.3 cm³/mol. The smallest absolute Gasteiger partial charge is 0.150 e. The topological polar surface area (TPSA) is 77.2 Å². The number of rotatable bonds is 6. The van der Waals surface area contributed by atoms with Gasteiger partial charge in [0.05, 0.1) is 5.75 Å². The highest BCUT2D eigenvalue weighted by Gasteiger charge is 2.34. The molecule has 15 heavy (non-hydrogen) atoms. The fourth-order valence-electron chi connectivity index (χ4n) is 1.70. The van der Waals surface area contributed by atoms with Crippen molar-refractivity contribution < 1.29 is 13.2 Å². The van der Waals surface area contributed by atoms with E-state index in [9.17, 15) is 13.2 Å². The van der Waals surface area contributed by atoms with Crippen molar-refractivity contribution in [3.05, 3.63) is 0 Å². The van der Waals surface area contributed by atoms with Crippen LogP contribution in [0.5, 0.6) is 0 Å². The zero-order valence-electron chi connectivity index (χ0n) is 9.16. The monoisotopic (exact) mass is 233 g/mol. The van der Waals surface area contributed by atoms with Crippen LogP contribution in [-0.4, -0.2) is 31.2 Å². The van der Waals surface area contributed by atoms with Crippen LogP contribution in [0, 0.1) is 0 Å². The quantitative estimate of drug-likeness (QED) is 0.730. The molecule has 0 amide bonds. The van der Waals surface area contributed by atoms with Gasteiger partial charge in [0.2, 0.25) is 0 Å². The highest BCUT2D eigenvalue weighted by Crippen LogP contribution is 2.32. The third-order valence-corrected chi connectivity index (χ3v) is 4.74. The standard InChI is InChI=1S/C10H19NO3S/c1-2-15(13,14)7-4-9(12)8-10(11)5-3-6-10/h2-8,11H2,1H3. The minimum absolute atomic E-state index is 0.0192. The first-order chi connectivity index (χ1) is 6.87. The van der Waals surface area contributed by atoms with E-state index in [2.05, 4.69) is 0 Å². The molecule has 1 rings (SSSR count). The molecule has 0 aromatic rings. The molecule has 0 spiro atoms. The van der Waals surface area contributed by atoms with Gasteiger partial charge < -0.3 is 5.73 Å². The summed E-state index contributed by atoms with van der Waals surface area (Å²) in [5.41, 5.74) is 5.58. The molecule has 0 aliphatic heterocycles. The summed E-state index contributed by atoms with van der Waals surface area (Å²) in [7, 11) is -3.02. The third-order valence-electron chi connectivity index (χ3n) is 3.03. The Balaban J connectivity index is 2.31. The van der Waals surface area contributed by atoms with E-state index in [1.54, 1.807) is 6.92 Å². The summed E-state index contributed by atoms with van der Waals surface area (Å²) >= 11 is 0. The second-order valence-electron chi connectivity index (χ2n) is 4.42. The summed E-state index contributed by atoms with van der Waals surface area (Å²) in [5.74, 6) is 0.0566. The maximum absolute atomic E-state index is 11.5. The zero-order valence-corrected chi connectivity index (χ0v) is 9.98. The summed E-state index contributed by atoms with van der Waals surface area (Å²) in [4.78, 5) is 11.5. The largest absolute Gasteiger partial charge is 0.325 e. The maximum atomic E-state index is 11.5. The van der Waals surface area contributed by atoms with E-state index in [1.165, 1.54) is 0 Å². The highest BCUT2D eigenvalue weighted by atomic mass is 32.2. The molecule has 0 radical (unpaired) electrons. The Morgan fingerprint density at radius 1 is 1.40 bits per heavy atom. The average molecular weight is 233 g/mol. The number of carbonyl (C=O) groups excluding carboxylic acids is 1. The molecule has 0 unspecified atom stereocenters. The molecule has 0 heterocycles. The summed E-state index contributed by atoms with van der Waals surface area (Å²) in [6, 6.07) is 0. The molecule has 88 valence electrons. The first-order valence-electron chi connectivity index (χ1n) is 5.38. The lowest BCUT2D eigenvalue weighted by atomic mass is 9.74. The van der Waals surface area contributed by atoms with Crippen LogP contribution in [0.2, 0.25) is 0 Å². The fraction of sp³-hybridized carbons (Fsp3) is 0.900. The lowest BCUT2D eigenvalue weighted by Gasteiger charge is -2.37. The van der Waals surface area contributed by atoms with Gasteiger partial charge in [-0.25, -0.2) is 8.42 Å². The van der Waals surface area contributed by atoms with E-state index >= 15 is 0 Å². The molecule has 1 aliphatic rings. The van der Waals surface area contributed by atoms with Crippen molar-refractivity contribution in [3.63, 3.8) is 0 Å². The van der Waals surface area contributed by atoms with Crippen LogP contribution < -0.4 is 5.73 Å². The molecule has 4 nitrogen and oxygen atoms in total. The normalized spacial score (nSPS) is 19.6. The lowest BCUT2D eigenvalue weighted by molar-refractivity contribution is -0.120. The molecule has 1 saturated carbocycles. The van der Waals surface area contributed by atoms with E-state index in [0.717, 1.165) is 19.3 Å². The van der Waals surface area contributed by atoms with Crippen molar-refractivity contribution in [2.45, 2.75) is 44.6 Å². The summed E-state index contributed by atoms with van der Waals surface area (Å²) in [6.07, 6.45) is 3.32. The van der Waals surface area contributed by atoms with Gasteiger partial charge in [-0.3, -0.25) is 4.79 Å². The number of carbonyl (C=O) groups is 1. The van der Waals surface area contributed by atoms with Crippen LogP contribution in [-0.2, 0) is 14.6 Å². The Hall–Kier alpha value is -0.420. The van der Waals surface area contributed by atoms with Crippen molar-refractivity contribution in [2.75, 3.05) is 11.5 Å². The van der Waals surface area contributed by atoms with Gasteiger partial charge in [-0.15, -0.1) is 0 Å². The third kappa shape index (κ3) is 3.91. The number of hydrogen-bond donors (Lipinski definition) is 1. The van der Waals surface area contributed by atoms with Gasteiger partial charge in [0.15, 0.2) is 0 Å². The SMILES string of the molecule is CCS(=O)(=O)CCC(=O)CC1(N)CCC1. The van der Waals surface area contributed by atoms with E-state index in [0.29, 0.717) is 6.42 Å². The zero-order chi connectivity index (χ0) is 11.5. The second-order valence-corrected chi connectivity index (χ2v) is 6.89. The van der Waals surface area contributed by atoms with E-state index in [1.807, 2.05) is 0 Å². The molecule has 1 aliphatic carbocycles. The Morgan fingerprint density at radius 2 is 2.00 bits per heavy atom. The molecule has 5 heteroatoms. The van der Waals surface area contributed by atoms with Crippen molar-refractivity contribution in [1.82, 2.24) is 0 Å². The van der Waals surface area contributed by atoms with Crippen LogP contribution in [0.15, 0.2) is 0 Å². The van der Waals surface area contributed by atoms with Crippen molar-refractivity contribution >= 4 is 15.6 Å². The first kappa shape index (κ1) is 12.6. The summed E-state index contributed by atoms with van der Waals surface area (Å²) < 4.78 is 22.3. The molecular formula is C10H19NO3S. The molecule has 0 atom stereocenters. The maximum Gasteiger partial charge on any atom is 0.150 e. The van der Waals surface area contributed by atoms with Gasteiger partial charge in [0, 0.05) is 24.1 Å². The van der Waals surface area contributed by atoms with Crippen LogP contribution in [0.25, 0.3) is 0 Å². The van der Waals surface area contributed by atoms with E-state index in [4.69, 9.17) is 5.73 Å². The van der Waals surface area contributed by atoms with Crippen molar-refractivity contribution in [1.29, 1.82) is 0 Å². The number of hydrogen-bond acceptors (Lipinski definition) is 4. The van der Waals surface area contributed by atoms with Gasteiger partial charge >= 0.3 is 0 Å². The minimum Gasteiger partial charge on any atom is -0.325 e. The van der Waals surface area contributed by atoms with Crippen molar-refractivity contribution in [2.24, 2.45) is 5.73 Å². The second kappa shape index (κ2) is 4.61. The Labute approximate surface area is 91.1 Å². The number of sulfone groups is 1. The van der Waals surface area contributed by atoms with Crippen LogP contribution in [0.4, 0.5) is 0 Å². The van der Waals surface area contributed by atoms with Crippen molar-refractivity contribution in [3.8, 4) is 0 Å². The molecule has 0 aromatic carbocycles. The van der Waals surface area contributed by atoms with Gasteiger partial charge in [0.1, 0.15) is 15.6 Å². The number of nitrogens with two attached hydrogens (primary N) is 1. The van der Waals surface area contributed by atoms with Gasteiger partial charge in [-0.2, -0.15) is 0 Å². The first-order valence-corrected chi connectivity index (χ1v) is 7.20. The number of Topliss-reactive ketones (excluding diaryl/α,β-unsaturated/α-hetero) is 1. The minimum atomic E-state index is -3.02. The van der Waals surface area contributed by atoms with Gasteiger partial charge in [-0.05, 0) is 19.3 Å². The van der Waals surface area contributed by atoms with Crippen LogP contribution in [0.1, 0.15) is 39.0 Å². The van der Waals surface area contributed by atoms with E-state index < -0.39 is 9.84 Å². The van der Waals surface area contributed by atoms with E-state index in [-0.39, 0.29) is 29.2 Å². The lowest BCUT2D eigenvalue weighted by Crippen LogP contribution is -2.48. The highest BCUT2D eigenvalue weighted by molar-refractivity contribution is 7.91. The fourth-order valence-corrected chi connectivity index (χ4v) is 2.53. The molecule has 0 bridgehead atoms. The Bertz CT molecular complexity index is 331. The van der Waals surface area contributed by atoms with Crippen LogP contribution >= 0.6 is 0 Å². The Morgan fingerprint density at radius 3 is 2.40 bits per heavy atom. The number of ketones is 1.